The Kier molecular flexibility index (Phi) is 5.91. The van der Waals surface area contributed by atoms with Crippen molar-refractivity contribution in [2.24, 2.45) is 5.73 Å². The molecular formula is C25H25N3O2. The van der Waals surface area contributed by atoms with E-state index in [1.165, 1.54) is 0 Å². The highest BCUT2D eigenvalue weighted by atomic mass is 16.2. The molecular weight excluding hydrogens is 374 g/mol. The SMILES string of the molecule is NCC(=O)N1CC(=O)N(c2ccccc2-c2ccccc2)CC1Cc1ccccc1. The van der Waals surface area contributed by atoms with Crippen LogP contribution >= 0.6 is 0 Å². The molecule has 1 saturated heterocycles. The lowest BCUT2D eigenvalue weighted by molar-refractivity contribution is -0.138. The van der Waals surface area contributed by atoms with Gasteiger partial charge in [-0.1, -0.05) is 78.9 Å². The van der Waals surface area contributed by atoms with Crippen LogP contribution in [0, 0.1) is 0 Å². The molecule has 0 radical (unpaired) electrons. The fourth-order valence-electron chi connectivity index (χ4n) is 4.04. The maximum atomic E-state index is 13.1. The largest absolute Gasteiger partial charge is 0.327 e. The number of piperazine rings is 1. The Hall–Kier alpha value is -3.44. The molecule has 2 amide bonds. The number of hydrogen-bond donors (Lipinski definition) is 1. The van der Waals surface area contributed by atoms with E-state index in [1.54, 1.807) is 4.90 Å². The third-order valence-corrected chi connectivity index (χ3v) is 5.53. The molecule has 5 nitrogen and oxygen atoms in total. The molecule has 0 bridgehead atoms. The molecule has 3 aromatic carbocycles. The lowest BCUT2D eigenvalue weighted by Crippen LogP contribution is -2.60. The van der Waals surface area contributed by atoms with E-state index in [2.05, 4.69) is 0 Å². The molecule has 152 valence electrons. The summed E-state index contributed by atoms with van der Waals surface area (Å²) in [6.45, 7) is 0.374. The van der Waals surface area contributed by atoms with E-state index in [-0.39, 0.29) is 30.9 Å². The fraction of sp³-hybridized carbons (Fsp3) is 0.200. The third-order valence-electron chi connectivity index (χ3n) is 5.53. The van der Waals surface area contributed by atoms with Crippen molar-refractivity contribution in [2.45, 2.75) is 12.5 Å². The van der Waals surface area contributed by atoms with Gasteiger partial charge in [-0.25, -0.2) is 0 Å². The highest BCUT2D eigenvalue weighted by Crippen LogP contribution is 2.32. The van der Waals surface area contributed by atoms with Gasteiger partial charge in [0, 0.05) is 12.1 Å². The van der Waals surface area contributed by atoms with E-state index in [0.29, 0.717) is 13.0 Å². The van der Waals surface area contributed by atoms with Gasteiger partial charge in [0.2, 0.25) is 11.8 Å². The highest BCUT2D eigenvalue weighted by Gasteiger charge is 2.35. The van der Waals surface area contributed by atoms with Crippen LogP contribution in [0.4, 0.5) is 5.69 Å². The normalized spacial score (nSPS) is 16.6. The average molecular weight is 399 g/mol. The van der Waals surface area contributed by atoms with Crippen molar-refractivity contribution in [3.05, 3.63) is 90.5 Å². The molecule has 1 unspecified atom stereocenters. The lowest BCUT2D eigenvalue weighted by atomic mass is 9.98. The van der Waals surface area contributed by atoms with Crippen LogP contribution in [0.5, 0.6) is 0 Å². The molecule has 1 heterocycles. The van der Waals surface area contributed by atoms with Crippen LogP contribution in [-0.2, 0) is 16.0 Å². The van der Waals surface area contributed by atoms with Crippen LogP contribution in [-0.4, -0.2) is 42.4 Å². The average Bonchev–Trinajstić information content (AvgIpc) is 2.81. The topological polar surface area (TPSA) is 66.6 Å². The number of benzene rings is 3. The second kappa shape index (κ2) is 8.93. The Morgan fingerprint density at radius 3 is 2.23 bits per heavy atom. The van der Waals surface area contributed by atoms with Gasteiger partial charge in [0.1, 0.15) is 6.54 Å². The van der Waals surface area contributed by atoms with Gasteiger partial charge in [0.05, 0.1) is 18.3 Å². The molecule has 0 spiro atoms. The van der Waals surface area contributed by atoms with E-state index in [0.717, 1.165) is 22.4 Å². The van der Waals surface area contributed by atoms with E-state index < -0.39 is 0 Å². The van der Waals surface area contributed by atoms with Gasteiger partial charge in [-0.05, 0) is 23.6 Å². The van der Waals surface area contributed by atoms with Crippen LogP contribution < -0.4 is 10.6 Å². The van der Waals surface area contributed by atoms with Crippen molar-refractivity contribution in [3.8, 4) is 11.1 Å². The van der Waals surface area contributed by atoms with Crippen LogP contribution in [0.15, 0.2) is 84.9 Å². The quantitative estimate of drug-likeness (QED) is 0.717. The summed E-state index contributed by atoms with van der Waals surface area (Å²) in [5.41, 5.74) is 9.69. The summed E-state index contributed by atoms with van der Waals surface area (Å²) in [5, 5.41) is 0. The van der Waals surface area contributed by atoms with E-state index in [1.807, 2.05) is 89.8 Å². The van der Waals surface area contributed by atoms with Gasteiger partial charge in [-0.3, -0.25) is 9.59 Å². The number of amides is 2. The Morgan fingerprint density at radius 2 is 1.53 bits per heavy atom. The molecule has 3 aromatic rings. The van der Waals surface area contributed by atoms with Gasteiger partial charge >= 0.3 is 0 Å². The zero-order valence-corrected chi connectivity index (χ0v) is 16.8. The van der Waals surface area contributed by atoms with E-state index >= 15 is 0 Å². The van der Waals surface area contributed by atoms with Gasteiger partial charge in [0.15, 0.2) is 0 Å². The number of anilines is 1. The minimum Gasteiger partial charge on any atom is -0.327 e. The zero-order chi connectivity index (χ0) is 20.9. The summed E-state index contributed by atoms with van der Waals surface area (Å²) in [4.78, 5) is 29.0. The Balaban J connectivity index is 1.68. The predicted octanol–water partition coefficient (Wildman–Crippen LogP) is 3.10. The summed E-state index contributed by atoms with van der Waals surface area (Å²) in [7, 11) is 0. The number of carbonyl (C=O) groups is 2. The molecule has 1 atom stereocenters. The van der Waals surface area contributed by atoms with Gasteiger partial charge in [0.25, 0.3) is 0 Å². The molecule has 1 aliphatic heterocycles. The van der Waals surface area contributed by atoms with Crippen LogP contribution in [0.2, 0.25) is 0 Å². The summed E-state index contributed by atoms with van der Waals surface area (Å²) >= 11 is 0. The molecule has 0 aliphatic carbocycles. The second-order valence-corrected chi connectivity index (χ2v) is 7.46. The monoisotopic (exact) mass is 399 g/mol. The smallest absolute Gasteiger partial charge is 0.246 e. The molecule has 1 aliphatic rings. The van der Waals surface area contributed by atoms with Crippen molar-refractivity contribution >= 4 is 17.5 Å². The number of para-hydroxylation sites is 1. The molecule has 1 fully saturated rings. The standard InChI is InChI=1S/C25H25N3O2/c26-16-24(29)27-18-25(30)28(17-21(27)15-19-9-3-1-4-10-19)23-14-8-7-13-22(23)20-11-5-2-6-12-20/h1-14,21H,15-18,26H2. The number of nitrogens with zero attached hydrogens (tertiary/aromatic N) is 2. The Bertz CT molecular complexity index is 1020. The molecule has 0 aromatic heterocycles. The second-order valence-electron chi connectivity index (χ2n) is 7.46. The predicted molar refractivity (Wildman–Crippen MR) is 119 cm³/mol. The van der Waals surface area contributed by atoms with E-state index in [9.17, 15) is 9.59 Å². The number of carbonyl (C=O) groups excluding carboxylic acids is 2. The van der Waals surface area contributed by atoms with Crippen molar-refractivity contribution < 1.29 is 9.59 Å². The van der Waals surface area contributed by atoms with Crippen LogP contribution in [0.1, 0.15) is 5.56 Å². The van der Waals surface area contributed by atoms with E-state index in [4.69, 9.17) is 5.73 Å². The minimum atomic E-state index is -0.194. The third kappa shape index (κ3) is 4.11. The molecule has 4 rings (SSSR count). The Morgan fingerprint density at radius 1 is 0.900 bits per heavy atom. The highest BCUT2D eigenvalue weighted by molar-refractivity contribution is 6.01. The van der Waals surface area contributed by atoms with Crippen molar-refractivity contribution in [1.82, 2.24) is 4.90 Å². The summed E-state index contributed by atoms with van der Waals surface area (Å²) in [5.74, 6) is -0.287. The van der Waals surface area contributed by atoms with Crippen LogP contribution in [0.25, 0.3) is 11.1 Å². The fourth-order valence-corrected chi connectivity index (χ4v) is 4.04. The van der Waals surface area contributed by atoms with Gasteiger partial charge in [-0.15, -0.1) is 0 Å². The van der Waals surface area contributed by atoms with Gasteiger partial charge in [-0.2, -0.15) is 0 Å². The summed E-state index contributed by atoms with van der Waals surface area (Å²) in [6.07, 6.45) is 0.670. The maximum Gasteiger partial charge on any atom is 0.246 e. The molecule has 2 N–H and O–H groups in total. The van der Waals surface area contributed by atoms with Crippen LogP contribution in [0.3, 0.4) is 0 Å². The number of hydrogen-bond acceptors (Lipinski definition) is 3. The molecule has 5 heteroatoms. The minimum absolute atomic E-state index is 0.0384. The number of rotatable bonds is 5. The van der Waals surface area contributed by atoms with Crippen molar-refractivity contribution in [1.29, 1.82) is 0 Å². The molecule has 30 heavy (non-hydrogen) atoms. The lowest BCUT2D eigenvalue weighted by Gasteiger charge is -2.41. The first kappa shape index (κ1) is 19.9. The number of nitrogens with two attached hydrogens (primary N) is 1. The van der Waals surface area contributed by atoms with Gasteiger partial charge < -0.3 is 15.5 Å². The van der Waals surface area contributed by atoms with Crippen molar-refractivity contribution in [2.75, 3.05) is 24.5 Å². The first-order chi connectivity index (χ1) is 14.7. The summed E-state index contributed by atoms with van der Waals surface area (Å²) < 4.78 is 0. The first-order valence-corrected chi connectivity index (χ1v) is 10.2. The summed E-state index contributed by atoms with van der Waals surface area (Å²) in [6, 6.07) is 27.9. The Labute approximate surface area is 176 Å². The maximum absolute atomic E-state index is 13.1. The first-order valence-electron chi connectivity index (χ1n) is 10.2. The zero-order valence-electron chi connectivity index (χ0n) is 16.8. The van der Waals surface area contributed by atoms with Crippen molar-refractivity contribution in [3.63, 3.8) is 0 Å². The molecule has 0 saturated carbocycles.